The van der Waals surface area contributed by atoms with Crippen LogP contribution in [0.5, 0.6) is 5.75 Å². The molecule has 0 fully saturated rings. The van der Waals surface area contributed by atoms with Gasteiger partial charge in [0.25, 0.3) is 0 Å². The maximum Gasteiger partial charge on any atom is 0.343 e. The Labute approximate surface area is 104 Å². The molecule has 18 heavy (non-hydrogen) atoms. The van der Waals surface area contributed by atoms with E-state index >= 15 is 0 Å². The van der Waals surface area contributed by atoms with Gasteiger partial charge in [-0.2, -0.15) is 0 Å². The topological polar surface area (TPSA) is 59.7 Å². The molecule has 1 aromatic carbocycles. The van der Waals surface area contributed by atoms with Crippen molar-refractivity contribution in [3.63, 3.8) is 0 Å². The van der Waals surface area contributed by atoms with Crippen LogP contribution >= 0.6 is 0 Å². The number of aliphatic hydroxyl groups is 1. The summed E-state index contributed by atoms with van der Waals surface area (Å²) in [5.41, 5.74) is 0.609. The van der Waals surface area contributed by atoms with E-state index in [0.717, 1.165) is 5.39 Å². The molecule has 0 aliphatic carbocycles. The zero-order chi connectivity index (χ0) is 12.9. The quantitative estimate of drug-likeness (QED) is 0.725. The number of fused-ring (bicyclic) bond motifs is 3. The van der Waals surface area contributed by atoms with Crippen LogP contribution in [0, 0.1) is 0 Å². The molecule has 94 valence electrons. The summed E-state index contributed by atoms with van der Waals surface area (Å²) in [6, 6.07) is 7.18. The Bertz CT molecular complexity index is 669. The van der Waals surface area contributed by atoms with Crippen molar-refractivity contribution < 1.29 is 14.3 Å². The summed E-state index contributed by atoms with van der Waals surface area (Å²) < 4.78 is 10.9. The third-order valence-electron chi connectivity index (χ3n) is 3.30. The summed E-state index contributed by atoms with van der Waals surface area (Å²) in [4.78, 5) is 12.0. The SMILES string of the molecule is C[C@@H]1C[C@@](C)(O)Oc2c1c(=O)oc1ccccc21. The molecule has 2 aromatic rings. The molecule has 4 nitrogen and oxygen atoms in total. The molecule has 0 unspecified atom stereocenters. The smallest absolute Gasteiger partial charge is 0.343 e. The molecular formula is C14H14O4. The van der Waals surface area contributed by atoms with Crippen LogP contribution in [0.4, 0.5) is 0 Å². The molecule has 1 aliphatic heterocycles. The van der Waals surface area contributed by atoms with Crippen molar-refractivity contribution in [1.82, 2.24) is 0 Å². The molecule has 0 saturated carbocycles. The molecule has 0 saturated heterocycles. The molecule has 1 aromatic heterocycles. The van der Waals surface area contributed by atoms with Gasteiger partial charge in [0, 0.05) is 13.3 Å². The maximum atomic E-state index is 12.0. The monoisotopic (exact) mass is 246 g/mol. The van der Waals surface area contributed by atoms with E-state index in [1.165, 1.54) is 0 Å². The normalized spacial score (nSPS) is 26.7. The molecular weight excluding hydrogens is 232 g/mol. The minimum absolute atomic E-state index is 0.0930. The lowest BCUT2D eigenvalue weighted by Gasteiger charge is -2.34. The van der Waals surface area contributed by atoms with Gasteiger partial charge in [-0.25, -0.2) is 4.79 Å². The standard InChI is InChI=1S/C14H14O4/c1-8-7-14(2,16)18-12-9-5-3-4-6-10(9)17-13(15)11(8)12/h3-6,8,16H,7H2,1-2H3/t8-,14+/m1/s1. The van der Waals surface area contributed by atoms with Gasteiger partial charge in [0.15, 0.2) is 0 Å². The number of hydrogen-bond donors (Lipinski definition) is 1. The molecule has 0 radical (unpaired) electrons. The van der Waals surface area contributed by atoms with Crippen LogP contribution in [-0.2, 0) is 0 Å². The minimum atomic E-state index is -1.25. The molecule has 2 atom stereocenters. The molecule has 0 amide bonds. The first-order valence-electron chi connectivity index (χ1n) is 5.95. The van der Waals surface area contributed by atoms with E-state index in [0.29, 0.717) is 23.3 Å². The van der Waals surface area contributed by atoms with Gasteiger partial charge in [-0.05, 0) is 18.1 Å². The summed E-state index contributed by atoms with van der Waals surface area (Å²) in [7, 11) is 0. The van der Waals surface area contributed by atoms with Gasteiger partial charge in [0.1, 0.15) is 11.3 Å². The van der Waals surface area contributed by atoms with E-state index in [1.807, 2.05) is 19.1 Å². The Morgan fingerprint density at radius 2 is 2.11 bits per heavy atom. The summed E-state index contributed by atoms with van der Waals surface area (Å²) in [6.07, 6.45) is 0.378. The van der Waals surface area contributed by atoms with Gasteiger partial charge in [-0.1, -0.05) is 19.1 Å². The fraction of sp³-hybridized carbons (Fsp3) is 0.357. The lowest BCUT2D eigenvalue weighted by molar-refractivity contribution is -0.138. The first kappa shape index (κ1) is 11.3. The van der Waals surface area contributed by atoms with Crippen molar-refractivity contribution in [1.29, 1.82) is 0 Å². The first-order valence-corrected chi connectivity index (χ1v) is 5.95. The molecule has 0 spiro atoms. The van der Waals surface area contributed by atoms with E-state index in [1.54, 1.807) is 19.1 Å². The fourth-order valence-electron chi connectivity index (χ4n) is 2.60. The molecule has 2 heterocycles. The predicted molar refractivity (Wildman–Crippen MR) is 66.8 cm³/mol. The minimum Gasteiger partial charge on any atom is -0.462 e. The summed E-state index contributed by atoms with van der Waals surface area (Å²) >= 11 is 0. The number of ether oxygens (including phenoxy) is 1. The van der Waals surface area contributed by atoms with E-state index in [9.17, 15) is 9.90 Å². The zero-order valence-corrected chi connectivity index (χ0v) is 10.3. The van der Waals surface area contributed by atoms with Crippen molar-refractivity contribution in [2.75, 3.05) is 0 Å². The molecule has 4 heteroatoms. The Hall–Kier alpha value is -1.81. The van der Waals surface area contributed by atoms with Crippen LogP contribution in [0.1, 0.15) is 31.7 Å². The van der Waals surface area contributed by atoms with Gasteiger partial charge in [0.2, 0.25) is 5.79 Å². The summed E-state index contributed by atoms with van der Waals surface area (Å²) in [5, 5.41) is 10.8. The summed E-state index contributed by atoms with van der Waals surface area (Å²) in [6.45, 7) is 3.50. The van der Waals surface area contributed by atoms with Crippen molar-refractivity contribution in [2.45, 2.75) is 32.0 Å². The Morgan fingerprint density at radius 1 is 1.39 bits per heavy atom. The van der Waals surface area contributed by atoms with Crippen LogP contribution in [0.2, 0.25) is 0 Å². The van der Waals surface area contributed by atoms with Crippen LogP contribution in [0.15, 0.2) is 33.5 Å². The van der Waals surface area contributed by atoms with Crippen molar-refractivity contribution in [3.8, 4) is 5.75 Å². The second-order valence-corrected chi connectivity index (χ2v) is 5.01. The van der Waals surface area contributed by atoms with Crippen molar-refractivity contribution >= 4 is 11.0 Å². The Kier molecular flexibility index (Phi) is 2.25. The summed E-state index contributed by atoms with van der Waals surface area (Å²) in [5.74, 6) is -0.890. The van der Waals surface area contributed by atoms with Gasteiger partial charge in [-0.3, -0.25) is 0 Å². The van der Waals surface area contributed by atoms with Gasteiger partial charge in [0.05, 0.1) is 10.9 Å². The Balaban J connectivity index is 2.38. The average Bonchev–Trinajstić information content (AvgIpc) is 2.26. The number of hydrogen-bond acceptors (Lipinski definition) is 4. The molecule has 1 aliphatic rings. The number of rotatable bonds is 0. The Morgan fingerprint density at radius 3 is 2.89 bits per heavy atom. The fourth-order valence-corrected chi connectivity index (χ4v) is 2.60. The maximum absolute atomic E-state index is 12.0. The van der Waals surface area contributed by atoms with E-state index in [4.69, 9.17) is 9.15 Å². The van der Waals surface area contributed by atoms with E-state index in [-0.39, 0.29) is 11.5 Å². The van der Waals surface area contributed by atoms with Crippen molar-refractivity contribution in [2.24, 2.45) is 0 Å². The highest BCUT2D eigenvalue weighted by atomic mass is 16.6. The highest BCUT2D eigenvalue weighted by Crippen LogP contribution is 2.41. The third kappa shape index (κ3) is 1.61. The lowest BCUT2D eigenvalue weighted by Crippen LogP contribution is -2.39. The molecule has 3 rings (SSSR count). The van der Waals surface area contributed by atoms with Crippen LogP contribution in [0.3, 0.4) is 0 Å². The largest absolute Gasteiger partial charge is 0.462 e. The van der Waals surface area contributed by atoms with Gasteiger partial charge < -0.3 is 14.3 Å². The lowest BCUT2D eigenvalue weighted by atomic mass is 9.90. The predicted octanol–water partition coefficient (Wildman–Crippen LogP) is 2.39. The molecule has 0 bridgehead atoms. The highest BCUT2D eigenvalue weighted by molar-refractivity contribution is 5.84. The number of benzene rings is 1. The van der Waals surface area contributed by atoms with E-state index in [2.05, 4.69) is 0 Å². The van der Waals surface area contributed by atoms with Crippen LogP contribution in [-0.4, -0.2) is 10.9 Å². The number of para-hydroxylation sites is 1. The van der Waals surface area contributed by atoms with Gasteiger partial charge in [-0.15, -0.1) is 0 Å². The van der Waals surface area contributed by atoms with Crippen LogP contribution < -0.4 is 10.4 Å². The van der Waals surface area contributed by atoms with Crippen LogP contribution in [0.25, 0.3) is 11.0 Å². The highest BCUT2D eigenvalue weighted by Gasteiger charge is 2.36. The second kappa shape index (κ2) is 3.59. The van der Waals surface area contributed by atoms with E-state index < -0.39 is 5.79 Å². The van der Waals surface area contributed by atoms with Gasteiger partial charge >= 0.3 is 5.63 Å². The average molecular weight is 246 g/mol. The molecule has 1 N–H and O–H groups in total. The third-order valence-corrected chi connectivity index (χ3v) is 3.30. The first-order chi connectivity index (χ1) is 8.48. The zero-order valence-electron chi connectivity index (χ0n) is 10.3. The van der Waals surface area contributed by atoms with Crippen molar-refractivity contribution in [3.05, 3.63) is 40.2 Å². The second-order valence-electron chi connectivity index (χ2n) is 5.01.